The van der Waals surface area contributed by atoms with Crippen molar-refractivity contribution in [2.75, 3.05) is 0 Å². The van der Waals surface area contributed by atoms with Crippen LogP contribution in [0, 0.1) is 23.7 Å². The fourth-order valence-corrected chi connectivity index (χ4v) is 2.21. The maximum absolute atomic E-state index is 4.28. The molecule has 28 heavy (non-hydrogen) atoms. The van der Waals surface area contributed by atoms with E-state index in [9.17, 15) is 0 Å². The van der Waals surface area contributed by atoms with E-state index < -0.39 is 0 Å². The highest BCUT2D eigenvalue weighted by Gasteiger charge is 1.92. The fourth-order valence-electron chi connectivity index (χ4n) is 2.21. The Kier molecular flexibility index (Phi) is 9.79. The van der Waals surface area contributed by atoms with E-state index in [2.05, 4.69) is 69.6 Å². The van der Waals surface area contributed by atoms with E-state index in [0.717, 1.165) is 24.0 Å². The van der Waals surface area contributed by atoms with Crippen LogP contribution in [-0.2, 0) is 0 Å². The van der Waals surface area contributed by atoms with Gasteiger partial charge in [0.2, 0.25) is 0 Å². The molecule has 0 saturated heterocycles. The highest BCUT2D eigenvalue weighted by Crippen LogP contribution is 2.01. The molecule has 0 unspecified atom stereocenters. The predicted octanol–water partition coefficient (Wildman–Crippen LogP) is 5.08. The molecule has 4 nitrogen and oxygen atoms in total. The van der Waals surface area contributed by atoms with Gasteiger partial charge in [0.25, 0.3) is 0 Å². The van der Waals surface area contributed by atoms with E-state index in [-0.39, 0.29) is 0 Å². The van der Waals surface area contributed by atoms with Crippen molar-refractivity contribution in [3.05, 3.63) is 59.7 Å². The maximum Gasteiger partial charge on any atom is 0.151 e. The first-order valence-corrected chi connectivity index (χ1v) is 9.81. The molecule has 0 aliphatic heterocycles. The van der Waals surface area contributed by atoms with Gasteiger partial charge in [0, 0.05) is 24.8 Å². The van der Waals surface area contributed by atoms with Crippen molar-refractivity contribution in [3.63, 3.8) is 0 Å². The summed E-state index contributed by atoms with van der Waals surface area (Å²) in [6, 6.07) is 0. The molecule has 0 aliphatic rings. The highest BCUT2D eigenvalue weighted by atomic mass is 14.9. The second-order valence-electron chi connectivity index (χ2n) is 6.25. The molecule has 2 rings (SSSR count). The molecular weight excluding hydrogens is 344 g/mol. The number of allylic oxidation sites excluding steroid dienone is 2. The summed E-state index contributed by atoms with van der Waals surface area (Å²) >= 11 is 0. The second-order valence-corrected chi connectivity index (χ2v) is 6.25. The molecule has 4 heteroatoms. The van der Waals surface area contributed by atoms with Crippen molar-refractivity contribution < 1.29 is 0 Å². The average Bonchev–Trinajstić information content (AvgIpc) is 2.74. The summed E-state index contributed by atoms with van der Waals surface area (Å²) < 4.78 is 0. The van der Waals surface area contributed by atoms with Crippen LogP contribution in [0.15, 0.2) is 36.9 Å². The molecule has 0 amide bonds. The summed E-state index contributed by atoms with van der Waals surface area (Å²) in [4.78, 5) is 17.1. The van der Waals surface area contributed by atoms with Gasteiger partial charge in [0.05, 0.1) is 11.1 Å². The van der Waals surface area contributed by atoms with Gasteiger partial charge in [-0.25, -0.2) is 19.9 Å². The first kappa shape index (κ1) is 21.1. The van der Waals surface area contributed by atoms with Crippen LogP contribution in [0.2, 0.25) is 0 Å². The Labute approximate surface area is 168 Å². The molecule has 142 valence electrons. The zero-order valence-electron chi connectivity index (χ0n) is 16.7. The quantitative estimate of drug-likeness (QED) is 0.480. The normalized spacial score (nSPS) is 10.5. The summed E-state index contributed by atoms with van der Waals surface area (Å²) in [6.07, 6.45) is 21.8. The van der Waals surface area contributed by atoms with Gasteiger partial charge >= 0.3 is 0 Å². The van der Waals surface area contributed by atoms with Crippen LogP contribution in [0.1, 0.15) is 75.1 Å². The van der Waals surface area contributed by atoms with E-state index in [4.69, 9.17) is 0 Å². The van der Waals surface area contributed by atoms with Crippen LogP contribution < -0.4 is 0 Å². The van der Waals surface area contributed by atoms with Gasteiger partial charge in [-0.05, 0) is 48.7 Å². The first-order chi connectivity index (χ1) is 13.8. The van der Waals surface area contributed by atoms with Gasteiger partial charge in [-0.15, -0.1) is 0 Å². The highest BCUT2D eigenvalue weighted by molar-refractivity contribution is 5.45. The largest absolute Gasteiger partial charge is 0.236 e. The van der Waals surface area contributed by atoms with Gasteiger partial charge < -0.3 is 0 Å². The van der Waals surface area contributed by atoms with Gasteiger partial charge in [-0.2, -0.15) is 0 Å². The number of aromatic nitrogens is 4. The summed E-state index contributed by atoms with van der Waals surface area (Å²) in [5.74, 6) is 12.9. The number of hydrogen-bond donors (Lipinski definition) is 0. The number of rotatable bonds is 8. The van der Waals surface area contributed by atoms with Crippen molar-refractivity contribution >= 4 is 12.2 Å². The molecule has 0 bridgehead atoms. The molecule has 2 aromatic heterocycles. The molecule has 2 heterocycles. The third-order valence-corrected chi connectivity index (χ3v) is 3.80. The molecule has 0 saturated carbocycles. The Hall–Kier alpha value is -3.24. The summed E-state index contributed by atoms with van der Waals surface area (Å²) in [5, 5.41) is 0. The van der Waals surface area contributed by atoms with Gasteiger partial charge in [0.15, 0.2) is 11.6 Å². The summed E-state index contributed by atoms with van der Waals surface area (Å²) in [6.45, 7) is 4.35. The predicted molar refractivity (Wildman–Crippen MR) is 115 cm³/mol. The average molecular weight is 371 g/mol. The molecule has 0 N–H and O–H groups in total. The van der Waals surface area contributed by atoms with Crippen molar-refractivity contribution in [3.8, 4) is 23.7 Å². The Morgan fingerprint density at radius 2 is 1.07 bits per heavy atom. The lowest BCUT2D eigenvalue weighted by atomic mass is 10.2. The zero-order valence-corrected chi connectivity index (χ0v) is 16.7. The molecule has 0 atom stereocenters. The monoisotopic (exact) mass is 370 g/mol. The Morgan fingerprint density at radius 3 is 1.43 bits per heavy atom. The first-order valence-electron chi connectivity index (χ1n) is 9.81. The van der Waals surface area contributed by atoms with Crippen LogP contribution in [-0.4, -0.2) is 19.9 Å². The second kappa shape index (κ2) is 13.0. The minimum atomic E-state index is 0.703. The summed E-state index contributed by atoms with van der Waals surface area (Å²) in [5.41, 5.74) is 1.48. The topological polar surface area (TPSA) is 51.6 Å². The molecule has 0 aromatic carbocycles. The lowest BCUT2D eigenvalue weighted by Gasteiger charge is -1.93. The van der Waals surface area contributed by atoms with E-state index in [1.807, 2.05) is 12.2 Å². The summed E-state index contributed by atoms with van der Waals surface area (Å²) in [7, 11) is 0. The van der Waals surface area contributed by atoms with Crippen LogP contribution in [0.4, 0.5) is 0 Å². The molecule has 0 fully saturated rings. The molecular formula is C24H26N4. The van der Waals surface area contributed by atoms with Crippen molar-refractivity contribution in [1.29, 1.82) is 0 Å². The Balaban J connectivity index is 1.88. The lowest BCUT2D eigenvalue weighted by molar-refractivity contribution is 0.816. The number of unbranched alkanes of at least 4 members (excludes halogenated alkanes) is 4. The third kappa shape index (κ3) is 8.43. The minimum Gasteiger partial charge on any atom is -0.236 e. The van der Waals surface area contributed by atoms with Gasteiger partial charge in [0.1, 0.15) is 0 Å². The fraction of sp³-hybridized carbons (Fsp3) is 0.333. The lowest BCUT2D eigenvalue weighted by Crippen LogP contribution is -1.88. The van der Waals surface area contributed by atoms with Crippen LogP contribution >= 0.6 is 0 Å². The minimum absolute atomic E-state index is 0.703. The van der Waals surface area contributed by atoms with Gasteiger partial charge in [-0.1, -0.05) is 51.7 Å². The standard InChI is InChI=1S/C24H26N4/c1-3-5-7-9-15-23-25-17-21(18-26-23)13-11-12-14-22-19-27-24(28-20-22)16-10-8-6-4-2/h9-10,15-20H,3-8H2,1-2H3/b15-9+,16-10+. The SMILES string of the molecule is CCCC/C=C/c1ncc(C#CC#Cc2cnc(/C=C/CCCC)nc2)cn1. The molecule has 0 radical (unpaired) electrons. The van der Waals surface area contributed by atoms with E-state index in [1.54, 1.807) is 24.8 Å². The van der Waals surface area contributed by atoms with Crippen molar-refractivity contribution in [2.45, 2.75) is 52.4 Å². The van der Waals surface area contributed by atoms with Crippen molar-refractivity contribution in [2.24, 2.45) is 0 Å². The zero-order chi connectivity index (χ0) is 19.9. The Morgan fingerprint density at radius 1 is 0.679 bits per heavy atom. The van der Waals surface area contributed by atoms with E-state index >= 15 is 0 Å². The van der Waals surface area contributed by atoms with Crippen LogP contribution in [0.25, 0.3) is 12.2 Å². The van der Waals surface area contributed by atoms with Crippen LogP contribution in [0.3, 0.4) is 0 Å². The maximum atomic E-state index is 4.28. The van der Waals surface area contributed by atoms with E-state index in [0.29, 0.717) is 11.6 Å². The smallest absolute Gasteiger partial charge is 0.151 e. The van der Waals surface area contributed by atoms with E-state index in [1.165, 1.54) is 25.7 Å². The molecule has 2 aromatic rings. The van der Waals surface area contributed by atoms with Crippen LogP contribution in [0.5, 0.6) is 0 Å². The Bertz CT molecular complexity index is 809. The third-order valence-electron chi connectivity index (χ3n) is 3.80. The van der Waals surface area contributed by atoms with Gasteiger partial charge in [-0.3, -0.25) is 0 Å². The number of nitrogens with zero attached hydrogens (tertiary/aromatic N) is 4. The number of hydrogen-bond acceptors (Lipinski definition) is 4. The molecule has 0 aliphatic carbocycles. The van der Waals surface area contributed by atoms with Crippen molar-refractivity contribution in [1.82, 2.24) is 19.9 Å². The molecule has 0 spiro atoms.